The molecule has 0 aliphatic carbocycles. The molecule has 2 aliphatic rings. The number of hydrogen-bond acceptors (Lipinski definition) is 7. The van der Waals surface area contributed by atoms with Gasteiger partial charge in [0.15, 0.2) is 11.6 Å². The van der Waals surface area contributed by atoms with Gasteiger partial charge in [0.05, 0.1) is 33.4 Å². The number of ketones is 1. The lowest BCUT2D eigenvalue weighted by Crippen LogP contribution is -2.46. The number of hydrogen-bond donors (Lipinski definition) is 1. The van der Waals surface area contributed by atoms with Crippen molar-refractivity contribution in [2.45, 2.75) is 18.2 Å². The summed E-state index contributed by atoms with van der Waals surface area (Å²) in [7, 11) is 1.25. The average Bonchev–Trinajstić information content (AvgIpc) is 3.48. The minimum absolute atomic E-state index is 0.0811. The molecular formula is C24H24N2O7. The summed E-state index contributed by atoms with van der Waals surface area (Å²) in [5.41, 5.74) is 1.31. The van der Waals surface area contributed by atoms with Gasteiger partial charge in [0.25, 0.3) is 5.91 Å². The van der Waals surface area contributed by atoms with Crippen LogP contribution in [0.25, 0.3) is 0 Å². The molecule has 2 fully saturated rings. The van der Waals surface area contributed by atoms with Crippen molar-refractivity contribution in [2.24, 2.45) is 0 Å². The number of likely N-dealkylation sites (tertiary alicyclic amines) is 1. The number of benzene rings is 2. The van der Waals surface area contributed by atoms with E-state index in [0.717, 1.165) is 0 Å². The van der Waals surface area contributed by atoms with Gasteiger partial charge in [-0.25, -0.2) is 4.79 Å². The number of carbonyl (C=O) groups excluding carboxylic acids is 4. The Morgan fingerprint density at radius 1 is 0.970 bits per heavy atom. The highest BCUT2D eigenvalue weighted by Crippen LogP contribution is 2.35. The lowest BCUT2D eigenvalue weighted by Gasteiger charge is -2.23. The second-order valence-electron chi connectivity index (χ2n) is 7.83. The van der Waals surface area contributed by atoms with Gasteiger partial charge in [-0.15, -0.1) is 0 Å². The first-order valence-electron chi connectivity index (χ1n) is 10.6. The Balaban J connectivity index is 1.37. The van der Waals surface area contributed by atoms with E-state index < -0.39 is 29.6 Å². The fraction of sp³-hybridized carbons (Fsp3) is 0.333. The second kappa shape index (κ2) is 9.51. The van der Waals surface area contributed by atoms with Gasteiger partial charge in [0.2, 0.25) is 5.91 Å². The Morgan fingerprint density at radius 2 is 1.58 bits per heavy atom. The highest BCUT2D eigenvalue weighted by Gasteiger charge is 2.52. The molecule has 1 unspecified atom stereocenters. The van der Waals surface area contributed by atoms with Crippen LogP contribution in [0.2, 0.25) is 0 Å². The van der Waals surface area contributed by atoms with Crippen LogP contribution in [0.5, 0.6) is 0 Å². The van der Waals surface area contributed by atoms with Crippen molar-refractivity contribution in [3.63, 3.8) is 0 Å². The van der Waals surface area contributed by atoms with Gasteiger partial charge in [-0.3, -0.25) is 14.4 Å². The van der Waals surface area contributed by atoms with Crippen molar-refractivity contribution in [3.05, 3.63) is 71.3 Å². The van der Waals surface area contributed by atoms with Crippen molar-refractivity contribution < 1.29 is 33.4 Å². The number of esters is 1. The SMILES string of the molecule is COC(=O)C1CC2(CN1C(=O)CNC(=O)c1ccc(C(=O)c3ccccc3)cc1)OCCO2. The molecule has 9 nitrogen and oxygen atoms in total. The van der Waals surface area contributed by atoms with E-state index >= 15 is 0 Å². The van der Waals surface area contributed by atoms with Gasteiger partial charge < -0.3 is 24.4 Å². The van der Waals surface area contributed by atoms with E-state index in [1.54, 1.807) is 36.4 Å². The molecular weight excluding hydrogens is 428 g/mol. The third-order valence-corrected chi connectivity index (χ3v) is 5.74. The third-order valence-electron chi connectivity index (χ3n) is 5.74. The summed E-state index contributed by atoms with van der Waals surface area (Å²) < 4.78 is 16.1. The molecule has 0 saturated carbocycles. The zero-order chi connectivity index (χ0) is 23.4. The van der Waals surface area contributed by atoms with Crippen LogP contribution in [0, 0.1) is 0 Å². The van der Waals surface area contributed by atoms with Gasteiger partial charge in [-0.1, -0.05) is 42.5 Å². The summed E-state index contributed by atoms with van der Waals surface area (Å²) in [6.45, 7) is 0.537. The first-order chi connectivity index (χ1) is 15.9. The number of nitrogens with one attached hydrogen (secondary N) is 1. The Bertz CT molecular complexity index is 1050. The number of rotatable bonds is 6. The maximum absolute atomic E-state index is 12.8. The minimum atomic E-state index is -1.01. The summed E-state index contributed by atoms with van der Waals surface area (Å²) in [5, 5.41) is 2.56. The quantitative estimate of drug-likeness (QED) is 0.517. The number of amides is 2. The summed E-state index contributed by atoms with van der Waals surface area (Å²) in [5.74, 6) is -2.65. The summed E-state index contributed by atoms with van der Waals surface area (Å²) >= 11 is 0. The Hall–Kier alpha value is -3.56. The van der Waals surface area contributed by atoms with Crippen LogP contribution in [0.15, 0.2) is 54.6 Å². The normalized spacial score (nSPS) is 18.8. The lowest BCUT2D eigenvalue weighted by molar-refractivity contribution is -0.152. The van der Waals surface area contributed by atoms with Crippen LogP contribution >= 0.6 is 0 Å². The van der Waals surface area contributed by atoms with Crippen LogP contribution < -0.4 is 5.32 Å². The molecule has 33 heavy (non-hydrogen) atoms. The molecule has 172 valence electrons. The van der Waals surface area contributed by atoms with E-state index in [0.29, 0.717) is 29.9 Å². The van der Waals surface area contributed by atoms with Gasteiger partial charge in [0.1, 0.15) is 6.04 Å². The number of methoxy groups -OCH3 is 1. The van der Waals surface area contributed by atoms with Crippen molar-refractivity contribution in [3.8, 4) is 0 Å². The molecule has 4 rings (SSSR count). The predicted molar refractivity (Wildman–Crippen MR) is 115 cm³/mol. The van der Waals surface area contributed by atoms with Crippen LogP contribution in [-0.2, 0) is 23.8 Å². The maximum atomic E-state index is 12.8. The van der Waals surface area contributed by atoms with Crippen molar-refractivity contribution in [2.75, 3.05) is 33.4 Å². The molecule has 0 bridgehead atoms. The molecule has 2 heterocycles. The maximum Gasteiger partial charge on any atom is 0.328 e. The number of carbonyl (C=O) groups is 4. The molecule has 1 spiro atoms. The van der Waals surface area contributed by atoms with Gasteiger partial charge >= 0.3 is 5.97 Å². The molecule has 2 aromatic rings. The Kier molecular flexibility index (Phi) is 6.52. The monoisotopic (exact) mass is 452 g/mol. The summed E-state index contributed by atoms with van der Waals surface area (Å²) in [6, 6.07) is 14.2. The molecule has 0 radical (unpaired) electrons. The van der Waals surface area contributed by atoms with Gasteiger partial charge in [0, 0.05) is 23.1 Å². The third kappa shape index (κ3) is 4.79. The molecule has 1 N–H and O–H groups in total. The molecule has 2 aliphatic heterocycles. The fourth-order valence-corrected chi connectivity index (χ4v) is 4.04. The van der Waals surface area contributed by atoms with Crippen molar-refractivity contribution in [1.29, 1.82) is 0 Å². The van der Waals surface area contributed by atoms with Crippen LogP contribution in [0.1, 0.15) is 32.7 Å². The standard InChI is InChI=1S/C24H24N2O7/c1-31-23(30)19-13-24(32-11-12-33-24)15-26(19)20(27)14-25-22(29)18-9-7-17(8-10-18)21(28)16-5-3-2-4-6-16/h2-10,19H,11-15H2,1H3,(H,25,29). The van der Waals surface area contributed by atoms with E-state index in [1.807, 2.05) is 6.07 Å². The van der Waals surface area contributed by atoms with E-state index in [2.05, 4.69) is 5.32 Å². The minimum Gasteiger partial charge on any atom is -0.467 e. The highest BCUT2D eigenvalue weighted by atomic mass is 16.7. The van der Waals surface area contributed by atoms with E-state index in [4.69, 9.17) is 14.2 Å². The molecule has 0 aromatic heterocycles. The Morgan fingerprint density at radius 3 is 2.21 bits per heavy atom. The lowest BCUT2D eigenvalue weighted by atomic mass is 10.0. The smallest absolute Gasteiger partial charge is 0.328 e. The fourth-order valence-electron chi connectivity index (χ4n) is 4.04. The van der Waals surface area contributed by atoms with Crippen LogP contribution in [-0.4, -0.2) is 73.7 Å². The van der Waals surface area contributed by atoms with Crippen molar-refractivity contribution >= 4 is 23.6 Å². The zero-order valence-electron chi connectivity index (χ0n) is 18.1. The zero-order valence-corrected chi connectivity index (χ0v) is 18.1. The average molecular weight is 452 g/mol. The number of nitrogens with zero attached hydrogens (tertiary/aromatic N) is 1. The molecule has 2 amide bonds. The Labute approximate surface area is 190 Å². The summed E-state index contributed by atoms with van der Waals surface area (Å²) in [4.78, 5) is 51.3. The van der Waals surface area contributed by atoms with Gasteiger partial charge in [-0.2, -0.15) is 0 Å². The number of ether oxygens (including phenoxy) is 3. The first kappa shape index (κ1) is 22.6. The second-order valence-corrected chi connectivity index (χ2v) is 7.83. The van der Waals surface area contributed by atoms with Crippen LogP contribution in [0.3, 0.4) is 0 Å². The first-order valence-corrected chi connectivity index (χ1v) is 10.6. The molecule has 9 heteroatoms. The topological polar surface area (TPSA) is 111 Å². The largest absolute Gasteiger partial charge is 0.467 e. The molecule has 2 aromatic carbocycles. The molecule has 2 saturated heterocycles. The van der Waals surface area contributed by atoms with E-state index in [9.17, 15) is 19.2 Å². The van der Waals surface area contributed by atoms with Crippen LogP contribution in [0.4, 0.5) is 0 Å². The van der Waals surface area contributed by atoms with E-state index in [1.165, 1.54) is 24.1 Å². The predicted octanol–water partition coefficient (Wildman–Crippen LogP) is 1.16. The molecule has 1 atom stereocenters. The van der Waals surface area contributed by atoms with Crippen molar-refractivity contribution in [1.82, 2.24) is 10.2 Å². The summed E-state index contributed by atoms with van der Waals surface area (Å²) in [6.07, 6.45) is 0.177. The highest BCUT2D eigenvalue weighted by molar-refractivity contribution is 6.09. The van der Waals surface area contributed by atoms with Gasteiger partial charge in [-0.05, 0) is 12.1 Å². The van der Waals surface area contributed by atoms with E-state index in [-0.39, 0.29) is 25.3 Å².